The van der Waals surface area contributed by atoms with Gasteiger partial charge in [0, 0.05) is 18.3 Å². The molecule has 1 aromatic carbocycles. The molecule has 0 spiro atoms. The molecule has 0 atom stereocenters. The van der Waals surface area contributed by atoms with Gasteiger partial charge in [-0.3, -0.25) is 14.9 Å². The number of pyridine rings is 1. The molecule has 0 fully saturated rings. The van der Waals surface area contributed by atoms with Crippen molar-refractivity contribution < 1.29 is 9.53 Å². The number of amides is 1. The SMILES string of the molecule is COc1ccccc1-c1cc(C(=O)NCc2ccnc(-c3cccs3)c2)[nH]n1. The fourth-order valence-electron chi connectivity index (χ4n) is 2.85. The van der Waals surface area contributed by atoms with E-state index in [-0.39, 0.29) is 5.91 Å². The zero-order valence-electron chi connectivity index (χ0n) is 15.2. The van der Waals surface area contributed by atoms with Crippen LogP contribution in [0.15, 0.2) is 66.2 Å². The summed E-state index contributed by atoms with van der Waals surface area (Å²) in [6, 6.07) is 17.2. The quantitative estimate of drug-likeness (QED) is 0.519. The molecule has 0 aliphatic carbocycles. The molecule has 0 unspecified atom stereocenters. The van der Waals surface area contributed by atoms with Crippen LogP contribution in [0.5, 0.6) is 5.75 Å². The number of thiophene rings is 1. The number of aromatic nitrogens is 3. The molecule has 0 bridgehead atoms. The van der Waals surface area contributed by atoms with Crippen LogP contribution in [0.3, 0.4) is 0 Å². The lowest BCUT2D eigenvalue weighted by Crippen LogP contribution is -2.23. The van der Waals surface area contributed by atoms with Gasteiger partial charge in [-0.25, -0.2) is 0 Å². The van der Waals surface area contributed by atoms with E-state index in [1.54, 1.807) is 30.7 Å². The van der Waals surface area contributed by atoms with Gasteiger partial charge in [-0.15, -0.1) is 11.3 Å². The minimum atomic E-state index is -0.219. The Bertz CT molecular complexity index is 1090. The summed E-state index contributed by atoms with van der Waals surface area (Å²) < 4.78 is 5.36. The van der Waals surface area contributed by atoms with Crippen molar-refractivity contribution in [1.82, 2.24) is 20.5 Å². The van der Waals surface area contributed by atoms with E-state index in [0.717, 1.165) is 21.7 Å². The summed E-state index contributed by atoms with van der Waals surface area (Å²) in [4.78, 5) is 18.0. The molecule has 1 amide bonds. The molecule has 0 saturated carbocycles. The molecule has 0 radical (unpaired) electrons. The van der Waals surface area contributed by atoms with Crippen LogP contribution in [-0.2, 0) is 6.54 Å². The van der Waals surface area contributed by atoms with Crippen LogP contribution in [0.2, 0.25) is 0 Å². The van der Waals surface area contributed by atoms with Crippen molar-refractivity contribution in [3.8, 4) is 27.6 Å². The maximum Gasteiger partial charge on any atom is 0.269 e. The first-order valence-electron chi connectivity index (χ1n) is 8.70. The third-order valence-corrected chi connectivity index (χ3v) is 5.15. The van der Waals surface area contributed by atoms with E-state index in [1.165, 1.54) is 0 Å². The summed E-state index contributed by atoms with van der Waals surface area (Å²) in [6.45, 7) is 0.405. The number of benzene rings is 1. The molecule has 0 saturated heterocycles. The molecular formula is C21H18N4O2S. The molecule has 6 nitrogen and oxygen atoms in total. The first-order chi connectivity index (χ1) is 13.7. The third kappa shape index (κ3) is 3.79. The summed E-state index contributed by atoms with van der Waals surface area (Å²) in [5.41, 5.74) is 3.77. The van der Waals surface area contributed by atoms with Crippen molar-refractivity contribution in [3.05, 3.63) is 77.4 Å². The van der Waals surface area contributed by atoms with Gasteiger partial charge in [0.1, 0.15) is 11.4 Å². The minimum Gasteiger partial charge on any atom is -0.496 e. The summed E-state index contributed by atoms with van der Waals surface area (Å²) in [7, 11) is 1.61. The van der Waals surface area contributed by atoms with Crippen LogP contribution in [0, 0.1) is 0 Å². The lowest BCUT2D eigenvalue weighted by atomic mass is 10.1. The van der Waals surface area contributed by atoms with E-state index in [4.69, 9.17) is 4.74 Å². The number of rotatable bonds is 6. The number of aromatic amines is 1. The van der Waals surface area contributed by atoms with E-state index in [1.807, 2.05) is 53.9 Å². The number of ether oxygens (including phenoxy) is 1. The van der Waals surface area contributed by atoms with E-state index in [9.17, 15) is 4.79 Å². The number of para-hydroxylation sites is 1. The van der Waals surface area contributed by atoms with Crippen molar-refractivity contribution in [3.63, 3.8) is 0 Å². The van der Waals surface area contributed by atoms with Gasteiger partial charge in [0.25, 0.3) is 5.91 Å². The average molecular weight is 390 g/mol. The van der Waals surface area contributed by atoms with Gasteiger partial charge >= 0.3 is 0 Å². The molecule has 4 aromatic rings. The minimum absolute atomic E-state index is 0.219. The number of carbonyl (C=O) groups is 1. The smallest absolute Gasteiger partial charge is 0.269 e. The van der Waals surface area contributed by atoms with E-state index >= 15 is 0 Å². The Hall–Kier alpha value is -3.45. The van der Waals surface area contributed by atoms with Gasteiger partial charge in [0.15, 0.2) is 0 Å². The topological polar surface area (TPSA) is 79.9 Å². The highest BCUT2D eigenvalue weighted by molar-refractivity contribution is 7.13. The largest absolute Gasteiger partial charge is 0.496 e. The second-order valence-corrected chi connectivity index (χ2v) is 7.02. The number of methoxy groups -OCH3 is 1. The fourth-order valence-corrected chi connectivity index (χ4v) is 3.55. The first kappa shape index (κ1) is 17.9. The Kier molecular flexibility index (Phi) is 5.16. The molecule has 7 heteroatoms. The molecule has 140 valence electrons. The van der Waals surface area contributed by atoms with Crippen LogP contribution in [0.25, 0.3) is 21.8 Å². The summed E-state index contributed by atoms with van der Waals surface area (Å²) in [5.74, 6) is 0.488. The highest BCUT2D eigenvalue weighted by Crippen LogP contribution is 2.28. The van der Waals surface area contributed by atoms with Gasteiger partial charge in [0.05, 0.1) is 23.4 Å². The third-order valence-electron chi connectivity index (χ3n) is 4.26. The lowest BCUT2D eigenvalue weighted by molar-refractivity contribution is 0.0946. The monoisotopic (exact) mass is 390 g/mol. The highest BCUT2D eigenvalue weighted by Gasteiger charge is 2.13. The molecule has 28 heavy (non-hydrogen) atoms. The van der Waals surface area contributed by atoms with Crippen LogP contribution in [0.4, 0.5) is 0 Å². The fraction of sp³-hybridized carbons (Fsp3) is 0.0952. The lowest BCUT2D eigenvalue weighted by Gasteiger charge is -2.05. The molecule has 0 aliphatic heterocycles. The van der Waals surface area contributed by atoms with Crippen LogP contribution in [-0.4, -0.2) is 28.2 Å². The molecule has 3 aromatic heterocycles. The van der Waals surface area contributed by atoms with E-state index < -0.39 is 0 Å². The summed E-state index contributed by atoms with van der Waals surface area (Å²) in [5, 5.41) is 12.0. The van der Waals surface area contributed by atoms with Crippen molar-refractivity contribution in [1.29, 1.82) is 0 Å². The second kappa shape index (κ2) is 8.06. The second-order valence-electron chi connectivity index (χ2n) is 6.08. The maximum atomic E-state index is 12.5. The van der Waals surface area contributed by atoms with Gasteiger partial charge in [-0.1, -0.05) is 18.2 Å². The normalized spacial score (nSPS) is 10.6. The Morgan fingerprint density at radius 1 is 1.14 bits per heavy atom. The predicted octanol–water partition coefficient (Wildman–Crippen LogP) is 4.14. The van der Waals surface area contributed by atoms with Crippen LogP contribution in [0.1, 0.15) is 16.1 Å². The molecule has 4 rings (SSSR count). The number of carbonyl (C=O) groups excluding carboxylic acids is 1. The van der Waals surface area contributed by atoms with Crippen molar-refractivity contribution in [2.45, 2.75) is 6.54 Å². The highest BCUT2D eigenvalue weighted by atomic mass is 32.1. The van der Waals surface area contributed by atoms with Gasteiger partial charge in [0.2, 0.25) is 0 Å². The standard InChI is InChI=1S/C21H18N4O2S/c1-27-19-6-3-2-5-15(19)16-12-18(25-24-16)21(26)23-13-14-8-9-22-17(11-14)20-7-4-10-28-20/h2-12H,13H2,1H3,(H,23,26)(H,24,25). The van der Waals surface area contributed by atoms with E-state index in [0.29, 0.717) is 23.7 Å². The van der Waals surface area contributed by atoms with Crippen LogP contribution < -0.4 is 10.1 Å². The number of H-pyrrole nitrogens is 1. The Labute approximate surface area is 166 Å². The Morgan fingerprint density at radius 2 is 2.04 bits per heavy atom. The van der Waals surface area contributed by atoms with Gasteiger partial charge < -0.3 is 10.1 Å². The van der Waals surface area contributed by atoms with Crippen LogP contribution >= 0.6 is 11.3 Å². The first-order valence-corrected chi connectivity index (χ1v) is 9.58. The molecular weight excluding hydrogens is 372 g/mol. The maximum absolute atomic E-state index is 12.5. The Balaban J connectivity index is 1.45. The predicted molar refractivity (Wildman–Crippen MR) is 109 cm³/mol. The number of nitrogens with one attached hydrogen (secondary N) is 2. The Morgan fingerprint density at radius 3 is 2.86 bits per heavy atom. The number of hydrogen-bond acceptors (Lipinski definition) is 5. The number of hydrogen-bond donors (Lipinski definition) is 2. The zero-order valence-corrected chi connectivity index (χ0v) is 16.0. The molecule has 2 N–H and O–H groups in total. The molecule has 0 aliphatic rings. The number of nitrogens with zero attached hydrogens (tertiary/aromatic N) is 2. The van der Waals surface area contributed by atoms with Crippen molar-refractivity contribution in [2.75, 3.05) is 7.11 Å². The van der Waals surface area contributed by atoms with E-state index in [2.05, 4.69) is 20.5 Å². The molecule has 3 heterocycles. The van der Waals surface area contributed by atoms with Gasteiger partial charge in [-0.2, -0.15) is 5.10 Å². The van der Waals surface area contributed by atoms with Crippen molar-refractivity contribution in [2.24, 2.45) is 0 Å². The summed E-state index contributed by atoms with van der Waals surface area (Å²) >= 11 is 1.64. The zero-order chi connectivity index (χ0) is 19.3. The van der Waals surface area contributed by atoms with Crippen molar-refractivity contribution >= 4 is 17.2 Å². The van der Waals surface area contributed by atoms with Gasteiger partial charge in [-0.05, 0) is 47.3 Å². The average Bonchev–Trinajstić information content (AvgIpc) is 3.44. The summed E-state index contributed by atoms with van der Waals surface area (Å²) in [6.07, 6.45) is 1.76.